The van der Waals surface area contributed by atoms with Crippen LogP contribution in [0.2, 0.25) is 0 Å². The van der Waals surface area contributed by atoms with Crippen LogP contribution < -0.4 is 10.6 Å². The van der Waals surface area contributed by atoms with Crippen molar-refractivity contribution in [2.45, 2.75) is 29.7 Å². The van der Waals surface area contributed by atoms with Gasteiger partial charge in [0.2, 0.25) is 11.8 Å². The van der Waals surface area contributed by atoms with E-state index in [-0.39, 0.29) is 34.6 Å². The summed E-state index contributed by atoms with van der Waals surface area (Å²) in [4.78, 5) is 24.3. The van der Waals surface area contributed by atoms with Crippen molar-refractivity contribution in [1.29, 1.82) is 0 Å². The van der Waals surface area contributed by atoms with Crippen LogP contribution in [0.15, 0.2) is 52.3 Å². The van der Waals surface area contributed by atoms with Gasteiger partial charge in [0.05, 0.1) is 22.1 Å². The number of amides is 2. The second kappa shape index (κ2) is 8.14. The molecular formula is C19H20N2O4S2. The molecule has 0 radical (unpaired) electrons. The molecule has 3 rings (SSSR count). The smallest absolute Gasteiger partial charge is 0.234 e. The van der Waals surface area contributed by atoms with Crippen LogP contribution in [0.3, 0.4) is 0 Å². The van der Waals surface area contributed by atoms with Crippen LogP contribution in [0.25, 0.3) is 0 Å². The highest BCUT2D eigenvalue weighted by molar-refractivity contribution is 8.00. The number of hydrogen-bond donors (Lipinski definition) is 2. The number of carbonyl (C=O) groups is 2. The molecule has 0 spiro atoms. The predicted molar refractivity (Wildman–Crippen MR) is 105 cm³/mol. The summed E-state index contributed by atoms with van der Waals surface area (Å²) in [5, 5.41) is 5.45. The summed E-state index contributed by atoms with van der Waals surface area (Å²) in [5.74, 6) is -0.410. The van der Waals surface area contributed by atoms with E-state index in [0.29, 0.717) is 12.2 Å². The first kappa shape index (κ1) is 19.4. The maximum absolute atomic E-state index is 12.5. The number of anilines is 1. The minimum atomic E-state index is -3.58. The SMILES string of the molecule is Cc1ccc(CNC(=O)CCS(=O)(=O)c2ccc3c(c2)SCC(=O)N3)cc1. The fourth-order valence-corrected chi connectivity index (χ4v) is 4.77. The van der Waals surface area contributed by atoms with E-state index in [2.05, 4.69) is 10.6 Å². The Balaban J connectivity index is 1.57. The van der Waals surface area contributed by atoms with Crippen molar-refractivity contribution in [2.24, 2.45) is 0 Å². The van der Waals surface area contributed by atoms with Crippen molar-refractivity contribution in [1.82, 2.24) is 5.32 Å². The molecule has 0 atom stereocenters. The normalized spacial score (nSPS) is 13.6. The number of benzene rings is 2. The molecule has 1 aliphatic rings. The highest BCUT2D eigenvalue weighted by Gasteiger charge is 2.21. The molecule has 0 aromatic heterocycles. The second-order valence-electron chi connectivity index (χ2n) is 6.33. The molecule has 0 unspecified atom stereocenters. The van der Waals surface area contributed by atoms with Crippen LogP contribution in [-0.2, 0) is 26.0 Å². The third-order valence-electron chi connectivity index (χ3n) is 4.15. The quantitative estimate of drug-likeness (QED) is 0.772. The van der Waals surface area contributed by atoms with Gasteiger partial charge in [-0.2, -0.15) is 0 Å². The monoisotopic (exact) mass is 404 g/mol. The van der Waals surface area contributed by atoms with Gasteiger partial charge in [-0.1, -0.05) is 29.8 Å². The molecule has 2 aromatic carbocycles. The van der Waals surface area contributed by atoms with Gasteiger partial charge in [-0.05, 0) is 30.7 Å². The maximum Gasteiger partial charge on any atom is 0.234 e. The van der Waals surface area contributed by atoms with Gasteiger partial charge in [0, 0.05) is 17.9 Å². The summed E-state index contributed by atoms with van der Waals surface area (Å²) < 4.78 is 25.0. The number of nitrogens with one attached hydrogen (secondary N) is 2. The van der Waals surface area contributed by atoms with Crippen LogP contribution in [0, 0.1) is 6.92 Å². The van der Waals surface area contributed by atoms with Crippen LogP contribution >= 0.6 is 11.8 Å². The fourth-order valence-electron chi connectivity index (χ4n) is 2.59. The molecule has 0 bridgehead atoms. The lowest BCUT2D eigenvalue weighted by atomic mass is 10.1. The van der Waals surface area contributed by atoms with Crippen LogP contribution in [-0.4, -0.2) is 31.7 Å². The number of rotatable bonds is 6. The summed E-state index contributed by atoms with van der Waals surface area (Å²) in [6.45, 7) is 2.36. The van der Waals surface area contributed by atoms with Crippen LogP contribution in [0.4, 0.5) is 5.69 Å². The van der Waals surface area contributed by atoms with Crippen molar-refractivity contribution >= 4 is 39.1 Å². The lowest BCUT2D eigenvalue weighted by molar-refractivity contribution is -0.120. The molecule has 142 valence electrons. The Morgan fingerprint density at radius 3 is 2.67 bits per heavy atom. The number of aryl methyl sites for hydroxylation is 1. The van der Waals surface area contributed by atoms with Crippen molar-refractivity contribution in [3.05, 3.63) is 53.6 Å². The Hall–Kier alpha value is -2.32. The van der Waals surface area contributed by atoms with Gasteiger partial charge < -0.3 is 10.6 Å². The Morgan fingerprint density at radius 2 is 1.93 bits per heavy atom. The maximum atomic E-state index is 12.5. The van der Waals surface area contributed by atoms with E-state index in [1.807, 2.05) is 31.2 Å². The first-order chi connectivity index (χ1) is 12.8. The molecule has 0 aliphatic carbocycles. The Labute approximate surface area is 162 Å². The molecule has 2 aromatic rings. The van der Waals surface area contributed by atoms with E-state index in [0.717, 1.165) is 16.0 Å². The number of fused-ring (bicyclic) bond motifs is 1. The Morgan fingerprint density at radius 1 is 1.19 bits per heavy atom. The average Bonchev–Trinajstić information content (AvgIpc) is 2.65. The van der Waals surface area contributed by atoms with E-state index in [1.54, 1.807) is 12.1 Å². The lowest BCUT2D eigenvalue weighted by Crippen LogP contribution is -2.25. The van der Waals surface area contributed by atoms with Crippen LogP contribution in [0.5, 0.6) is 0 Å². The Kier molecular flexibility index (Phi) is 5.86. The molecule has 27 heavy (non-hydrogen) atoms. The van der Waals surface area contributed by atoms with Gasteiger partial charge >= 0.3 is 0 Å². The van der Waals surface area contributed by atoms with Crippen molar-refractivity contribution in [3.8, 4) is 0 Å². The summed E-state index contributed by atoms with van der Waals surface area (Å²) in [7, 11) is -3.58. The van der Waals surface area contributed by atoms with Crippen LogP contribution in [0.1, 0.15) is 17.5 Å². The molecule has 8 heteroatoms. The molecule has 0 saturated carbocycles. The molecule has 6 nitrogen and oxygen atoms in total. The summed E-state index contributed by atoms with van der Waals surface area (Å²) in [5.41, 5.74) is 2.72. The highest BCUT2D eigenvalue weighted by Crippen LogP contribution is 2.33. The zero-order valence-electron chi connectivity index (χ0n) is 14.8. The largest absolute Gasteiger partial charge is 0.352 e. The van der Waals surface area contributed by atoms with Crippen molar-refractivity contribution in [2.75, 3.05) is 16.8 Å². The first-order valence-electron chi connectivity index (χ1n) is 8.45. The van der Waals surface area contributed by atoms with Gasteiger partial charge in [-0.25, -0.2) is 8.42 Å². The summed E-state index contributed by atoms with van der Waals surface area (Å²) >= 11 is 1.30. The second-order valence-corrected chi connectivity index (χ2v) is 9.45. The van der Waals surface area contributed by atoms with Gasteiger partial charge in [-0.15, -0.1) is 11.8 Å². The zero-order valence-corrected chi connectivity index (χ0v) is 16.5. The minimum absolute atomic E-state index is 0.102. The third kappa shape index (κ3) is 5.11. The topological polar surface area (TPSA) is 92.3 Å². The lowest BCUT2D eigenvalue weighted by Gasteiger charge is -2.17. The molecule has 2 amide bonds. The van der Waals surface area contributed by atoms with E-state index >= 15 is 0 Å². The van der Waals surface area contributed by atoms with E-state index in [1.165, 1.54) is 17.8 Å². The van der Waals surface area contributed by atoms with Crippen molar-refractivity contribution < 1.29 is 18.0 Å². The molecule has 0 fully saturated rings. The number of sulfone groups is 1. The number of hydrogen-bond acceptors (Lipinski definition) is 5. The van der Waals surface area contributed by atoms with E-state index < -0.39 is 9.84 Å². The van der Waals surface area contributed by atoms with Gasteiger partial charge in [0.15, 0.2) is 9.84 Å². The minimum Gasteiger partial charge on any atom is -0.352 e. The summed E-state index contributed by atoms with van der Waals surface area (Å²) in [6.07, 6.45) is -0.102. The highest BCUT2D eigenvalue weighted by atomic mass is 32.2. The van der Waals surface area contributed by atoms with Gasteiger partial charge in [0.25, 0.3) is 0 Å². The van der Waals surface area contributed by atoms with E-state index in [9.17, 15) is 18.0 Å². The van der Waals surface area contributed by atoms with Gasteiger partial charge in [-0.3, -0.25) is 9.59 Å². The number of carbonyl (C=O) groups excluding carboxylic acids is 2. The summed E-state index contributed by atoms with van der Waals surface area (Å²) in [6, 6.07) is 12.4. The zero-order chi connectivity index (χ0) is 19.4. The molecule has 1 aliphatic heterocycles. The predicted octanol–water partition coefficient (Wildman–Crippen LogP) is 2.52. The molecular weight excluding hydrogens is 384 g/mol. The third-order valence-corrected chi connectivity index (χ3v) is 6.92. The average molecular weight is 405 g/mol. The molecule has 2 N–H and O–H groups in total. The molecule has 0 saturated heterocycles. The standard InChI is InChI=1S/C19H20N2O4S2/c1-13-2-4-14(5-3-13)11-20-18(22)8-9-27(24,25)15-6-7-16-17(10-15)26-12-19(23)21-16/h2-7,10H,8-9,11-12H2,1H3,(H,20,22)(H,21,23). The Bertz CT molecular complexity index is 970. The van der Waals surface area contributed by atoms with E-state index in [4.69, 9.17) is 0 Å². The first-order valence-corrected chi connectivity index (χ1v) is 11.1. The molecule has 1 heterocycles. The number of thioether (sulfide) groups is 1. The van der Waals surface area contributed by atoms with Gasteiger partial charge in [0.1, 0.15) is 0 Å². The fraction of sp³-hybridized carbons (Fsp3) is 0.263. The van der Waals surface area contributed by atoms with Crippen molar-refractivity contribution in [3.63, 3.8) is 0 Å².